The van der Waals surface area contributed by atoms with Crippen LogP contribution in [0.4, 0.5) is 0 Å². The third-order valence-corrected chi connectivity index (χ3v) is 9.23. The van der Waals surface area contributed by atoms with Gasteiger partial charge in [-0.25, -0.2) is 10.4 Å². The van der Waals surface area contributed by atoms with E-state index < -0.39 is 0 Å². The molecule has 3 aromatic carbocycles. The Bertz CT molecular complexity index is 1800. The van der Waals surface area contributed by atoms with Gasteiger partial charge in [0, 0.05) is 10.4 Å². The molecular formula is C31H28N4O2S2. The summed E-state index contributed by atoms with van der Waals surface area (Å²) in [6, 6.07) is 22.0. The number of thiophene rings is 1. The zero-order chi connectivity index (χ0) is 26.9. The molecule has 1 amide bonds. The summed E-state index contributed by atoms with van der Waals surface area (Å²) in [6.07, 6.45) is 4.16. The van der Waals surface area contributed by atoms with Crippen LogP contribution in [0.25, 0.3) is 26.7 Å². The van der Waals surface area contributed by atoms with Crippen molar-refractivity contribution in [3.63, 3.8) is 0 Å². The van der Waals surface area contributed by atoms with Gasteiger partial charge in [0.15, 0.2) is 5.16 Å². The fourth-order valence-corrected chi connectivity index (χ4v) is 7.22. The van der Waals surface area contributed by atoms with Gasteiger partial charge in [-0.15, -0.1) is 11.3 Å². The third-order valence-electron chi connectivity index (χ3n) is 7.11. The summed E-state index contributed by atoms with van der Waals surface area (Å²) in [6.45, 7) is 3.91. The molecule has 0 atom stereocenters. The SMILES string of the molecule is C/C(=N/NC(=O)CSc1nc2sc3c(c2c(=O)n1-c1ccc(C)cc1)CCCC3)c1cccc2ccccc12. The van der Waals surface area contributed by atoms with E-state index in [-0.39, 0.29) is 17.2 Å². The molecule has 0 bridgehead atoms. The molecule has 6 rings (SSSR count). The molecule has 196 valence electrons. The van der Waals surface area contributed by atoms with Gasteiger partial charge < -0.3 is 0 Å². The van der Waals surface area contributed by atoms with Crippen LogP contribution in [0.15, 0.2) is 81.8 Å². The van der Waals surface area contributed by atoms with Crippen LogP contribution in [0.3, 0.4) is 0 Å². The molecule has 0 unspecified atom stereocenters. The lowest BCUT2D eigenvalue weighted by Gasteiger charge is -2.13. The lowest BCUT2D eigenvalue weighted by Crippen LogP contribution is -2.24. The fourth-order valence-electron chi connectivity index (χ4n) is 5.11. The lowest BCUT2D eigenvalue weighted by atomic mass is 9.97. The second kappa shape index (κ2) is 10.8. The predicted octanol–water partition coefficient (Wildman–Crippen LogP) is 6.42. The molecule has 1 N–H and O–H groups in total. The van der Waals surface area contributed by atoms with Gasteiger partial charge in [0.1, 0.15) is 4.83 Å². The summed E-state index contributed by atoms with van der Waals surface area (Å²) in [7, 11) is 0. The number of aromatic nitrogens is 2. The number of hydrogen-bond donors (Lipinski definition) is 1. The predicted molar refractivity (Wildman–Crippen MR) is 162 cm³/mol. The number of hydrogen-bond acceptors (Lipinski definition) is 6. The number of thioether (sulfide) groups is 1. The topological polar surface area (TPSA) is 76.3 Å². The van der Waals surface area contributed by atoms with Crippen molar-refractivity contribution in [2.75, 3.05) is 5.75 Å². The first-order valence-electron chi connectivity index (χ1n) is 13.1. The number of fused-ring (bicyclic) bond motifs is 4. The average Bonchev–Trinajstić information content (AvgIpc) is 3.34. The second-order valence-electron chi connectivity index (χ2n) is 9.81. The van der Waals surface area contributed by atoms with Crippen molar-refractivity contribution in [2.24, 2.45) is 5.10 Å². The Morgan fingerprint density at radius 3 is 2.67 bits per heavy atom. The Balaban J connectivity index is 1.29. The molecule has 1 aliphatic rings. The molecule has 1 aliphatic carbocycles. The van der Waals surface area contributed by atoms with E-state index in [1.807, 2.05) is 62.4 Å². The molecule has 0 spiro atoms. The smallest absolute Gasteiger partial charge is 0.267 e. The Kier molecular flexibility index (Phi) is 7.06. The van der Waals surface area contributed by atoms with E-state index in [1.165, 1.54) is 16.6 Å². The van der Waals surface area contributed by atoms with Gasteiger partial charge in [-0.3, -0.25) is 14.2 Å². The molecule has 0 saturated heterocycles. The summed E-state index contributed by atoms with van der Waals surface area (Å²) in [5.74, 6) is -0.170. The molecule has 2 heterocycles. The fraction of sp³-hybridized carbons (Fsp3) is 0.226. The van der Waals surface area contributed by atoms with Crippen molar-refractivity contribution < 1.29 is 4.79 Å². The second-order valence-corrected chi connectivity index (χ2v) is 11.8. The minimum atomic E-state index is -0.255. The number of aryl methyl sites for hydroxylation is 3. The van der Waals surface area contributed by atoms with Crippen LogP contribution in [0.5, 0.6) is 0 Å². The van der Waals surface area contributed by atoms with Gasteiger partial charge >= 0.3 is 0 Å². The van der Waals surface area contributed by atoms with E-state index in [0.717, 1.165) is 74.8 Å². The monoisotopic (exact) mass is 552 g/mol. The largest absolute Gasteiger partial charge is 0.272 e. The van der Waals surface area contributed by atoms with Gasteiger partial charge in [-0.05, 0) is 68.0 Å². The average molecular weight is 553 g/mol. The zero-order valence-electron chi connectivity index (χ0n) is 21.9. The molecule has 39 heavy (non-hydrogen) atoms. The Labute approximate surface area is 234 Å². The lowest BCUT2D eigenvalue weighted by molar-refractivity contribution is -0.118. The van der Waals surface area contributed by atoms with Crippen molar-refractivity contribution in [1.82, 2.24) is 15.0 Å². The quantitative estimate of drug-likeness (QED) is 0.114. The summed E-state index contributed by atoms with van der Waals surface area (Å²) in [4.78, 5) is 33.7. The highest BCUT2D eigenvalue weighted by molar-refractivity contribution is 7.99. The van der Waals surface area contributed by atoms with Crippen LogP contribution in [0.1, 0.15) is 41.3 Å². The zero-order valence-corrected chi connectivity index (χ0v) is 23.5. The van der Waals surface area contributed by atoms with Gasteiger partial charge in [0.2, 0.25) is 0 Å². The summed E-state index contributed by atoms with van der Waals surface area (Å²) in [5.41, 5.74) is 7.36. The third kappa shape index (κ3) is 5.02. The normalized spacial score (nSPS) is 13.5. The number of amides is 1. The number of carbonyl (C=O) groups is 1. The van der Waals surface area contributed by atoms with E-state index in [4.69, 9.17) is 4.98 Å². The van der Waals surface area contributed by atoms with E-state index in [2.05, 4.69) is 28.7 Å². The van der Waals surface area contributed by atoms with Crippen molar-refractivity contribution >= 4 is 55.7 Å². The van der Waals surface area contributed by atoms with Crippen LogP contribution >= 0.6 is 23.1 Å². The first-order chi connectivity index (χ1) is 19.0. The minimum absolute atomic E-state index is 0.0593. The summed E-state index contributed by atoms with van der Waals surface area (Å²) >= 11 is 2.88. The molecule has 0 saturated carbocycles. The number of nitrogens with zero attached hydrogens (tertiary/aromatic N) is 3. The Morgan fingerprint density at radius 1 is 1.05 bits per heavy atom. The molecular weight excluding hydrogens is 525 g/mol. The van der Waals surface area contributed by atoms with E-state index in [9.17, 15) is 9.59 Å². The maximum Gasteiger partial charge on any atom is 0.267 e. The first-order valence-corrected chi connectivity index (χ1v) is 14.9. The number of rotatable bonds is 6. The molecule has 2 aromatic heterocycles. The van der Waals surface area contributed by atoms with Crippen LogP contribution < -0.4 is 11.0 Å². The van der Waals surface area contributed by atoms with E-state index in [0.29, 0.717) is 5.16 Å². The van der Waals surface area contributed by atoms with Crippen molar-refractivity contribution in [2.45, 2.75) is 44.7 Å². The highest BCUT2D eigenvalue weighted by atomic mass is 32.2. The van der Waals surface area contributed by atoms with Crippen LogP contribution in [0, 0.1) is 6.92 Å². The van der Waals surface area contributed by atoms with E-state index >= 15 is 0 Å². The van der Waals surface area contributed by atoms with Crippen LogP contribution in [-0.2, 0) is 17.6 Å². The van der Waals surface area contributed by atoms with Gasteiger partial charge in [0.05, 0.1) is 22.5 Å². The number of carbonyl (C=O) groups excluding carboxylic acids is 1. The molecule has 0 radical (unpaired) electrons. The minimum Gasteiger partial charge on any atom is -0.272 e. The molecule has 0 fully saturated rings. The maximum atomic E-state index is 13.9. The van der Waals surface area contributed by atoms with Gasteiger partial charge in [-0.2, -0.15) is 5.10 Å². The summed E-state index contributed by atoms with van der Waals surface area (Å²) in [5, 5.41) is 7.83. The maximum absolute atomic E-state index is 13.9. The highest BCUT2D eigenvalue weighted by Gasteiger charge is 2.23. The number of nitrogens with one attached hydrogen (secondary N) is 1. The summed E-state index contributed by atoms with van der Waals surface area (Å²) < 4.78 is 1.66. The van der Waals surface area contributed by atoms with Crippen LogP contribution in [-0.4, -0.2) is 26.9 Å². The Morgan fingerprint density at radius 2 is 1.82 bits per heavy atom. The molecule has 0 aliphatic heterocycles. The molecule has 8 heteroatoms. The highest BCUT2D eigenvalue weighted by Crippen LogP contribution is 2.35. The van der Waals surface area contributed by atoms with E-state index in [1.54, 1.807) is 15.9 Å². The van der Waals surface area contributed by atoms with Gasteiger partial charge in [-0.1, -0.05) is 71.9 Å². The molecule has 6 nitrogen and oxygen atoms in total. The Hall–Kier alpha value is -3.75. The number of benzene rings is 3. The van der Waals surface area contributed by atoms with Crippen molar-refractivity contribution in [1.29, 1.82) is 0 Å². The van der Waals surface area contributed by atoms with Crippen molar-refractivity contribution in [3.05, 3.63) is 98.7 Å². The molecule has 5 aromatic rings. The first kappa shape index (κ1) is 25.5. The van der Waals surface area contributed by atoms with Gasteiger partial charge in [0.25, 0.3) is 11.5 Å². The van der Waals surface area contributed by atoms with Crippen molar-refractivity contribution in [3.8, 4) is 5.69 Å². The number of hydrazone groups is 1. The van der Waals surface area contributed by atoms with Crippen LogP contribution in [0.2, 0.25) is 0 Å². The standard InChI is InChI=1S/C31H28N4O2S2/c1-19-14-16-22(17-15-19)35-30(37)28-25-11-5-6-13-26(25)39-29(28)32-31(35)38-18-27(36)34-33-20(2)23-12-7-9-21-8-3-4-10-24(21)23/h3-4,7-10,12,14-17H,5-6,11,13,18H2,1-2H3,(H,34,36)/b33-20-.